The molecule has 4 rings (SSSR count). The summed E-state index contributed by atoms with van der Waals surface area (Å²) in [5.41, 5.74) is 5.34. The van der Waals surface area contributed by atoms with Gasteiger partial charge in [-0.15, -0.1) is 0 Å². The van der Waals surface area contributed by atoms with Crippen LogP contribution in [0.3, 0.4) is 0 Å². The standard InChI is InChI=1S/C23H19Cl2N3O4/c1-12-20-18(27-28-22(30)13-5-8-15(29)9-6-13)3-2-4-19(20)32-21(12)23(31)26-17-10-7-14(24)11-16(17)25/h5-11,29H,2-4H2,1H3,(H,26,31)(H,28,30)/b27-18+. The lowest BCUT2D eigenvalue weighted by atomic mass is 9.93. The van der Waals surface area contributed by atoms with Gasteiger partial charge in [0.2, 0.25) is 0 Å². The summed E-state index contributed by atoms with van der Waals surface area (Å²) in [5, 5.41) is 17.2. The fourth-order valence-corrected chi connectivity index (χ4v) is 4.02. The first-order chi connectivity index (χ1) is 15.3. The van der Waals surface area contributed by atoms with Crippen LogP contribution in [0.5, 0.6) is 5.75 Å². The van der Waals surface area contributed by atoms with Crippen molar-refractivity contribution in [1.82, 2.24) is 5.43 Å². The first kappa shape index (κ1) is 21.9. The summed E-state index contributed by atoms with van der Waals surface area (Å²) in [7, 11) is 0. The Morgan fingerprint density at radius 1 is 1.06 bits per heavy atom. The molecule has 0 radical (unpaired) electrons. The molecule has 0 spiro atoms. The molecule has 1 aliphatic rings. The van der Waals surface area contributed by atoms with Crippen molar-refractivity contribution >= 4 is 46.4 Å². The van der Waals surface area contributed by atoms with E-state index in [1.54, 1.807) is 25.1 Å². The summed E-state index contributed by atoms with van der Waals surface area (Å²) in [6.45, 7) is 1.78. The molecule has 1 aliphatic carbocycles. The van der Waals surface area contributed by atoms with E-state index in [9.17, 15) is 14.7 Å². The molecule has 164 valence electrons. The molecule has 3 N–H and O–H groups in total. The number of nitrogens with one attached hydrogen (secondary N) is 2. The lowest BCUT2D eigenvalue weighted by molar-refractivity contribution is 0.0953. The molecule has 3 aromatic rings. The number of hydrazone groups is 1. The third kappa shape index (κ3) is 4.49. The Morgan fingerprint density at radius 3 is 2.53 bits per heavy atom. The number of aryl methyl sites for hydroxylation is 1. The van der Waals surface area contributed by atoms with Gasteiger partial charge in [-0.3, -0.25) is 9.59 Å². The number of furan rings is 1. The van der Waals surface area contributed by atoms with Crippen LogP contribution in [0.2, 0.25) is 10.0 Å². The monoisotopic (exact) mass is 471 g/mol. The maximum atomic E-state index is 12.8. The van der Waals surface area contributed by atoms with E-state index in [4.69, 9.17) is 27.6 Å². The molecule has 0 atom stereocenters. The number of anilines is 1. The maximum Gasteiger partial charge on any atom is 0.291 e. The fraction of sp³-hybridized carbons (Fsp3) is 0.174. The van der Waals surface area contributed by atoms with Gasteiger partial charge < -0.3 is 14.8 Å². The summed E-state index contributed by atoms with van der Waals surface area (Å²) in [6.07, 6.45) is 2.07. The molecule has 0 unspecified atom stereocenters. The second-order valence-corrected chi connectivity index (χ2v) is 8.18. The number of amides is 2. The maximum absolute atomic E-state index is 12.8. The van der Waals surface area contributed by atoms with Gasteiger partial charge in [0.25, 0.3) is 11.8 Å². The quantitative estimate of drug-likeness (QED) is 0.447. The van der Waals surface area contributed by atoms with E-state index in [1.807, 2.05) is 0 Å². The summed E-state index contributed by atoms with van der Waals surface area (Å²) in [5.74, 6) is 0.0541. The second-order valence-electron chi connectivity index (χ2n) is 7.33. The first-order valence-corrected chi connectivity index (χ1v) is 10.6. The lowest BCUT2D eigenvalue weighted by Gasteiger charge is -2.13. The number of halogens is 2. The zero-order valence-electron chi connectivity index (χ0n) is 17.0. The van der Waals surface area contributed by atoms with Gasteiger partial charge in [0.15, 0.2) is 5.76 Å². The largest absolute Gasteiger partial charge is 0.508 e. The first-order valence-electron chi connectivity index (χ1n) is 9.88. The molecule has 7 nitrogen and oxygen atoms in total. The van der Waals surface area contributed by atoms with Crippen molar-refractivity contribution in [2.75, 3.05) is 5.32 Å². The van der Waals surface area contributed by atoms with Crippen LogP contribution >= 0.6 is 23.2 Å². The smallest absolute Gasteiger partial charge is 0.291 e. The van der Waals surface area contributed by atoms with Crippen LogP contribution in [-0.4, -0.2) is 22.6 Å². The number of hydrogen-bond donors (Lipinski definition) is 3. The third-order valence-electron chi connectivity index (χ3n) is 5.13. The summed E-state index contributed by atoms with van der Waals surface area (Å²) in [6, 6.07) is 10.7. The molecule has 0 fully saturated rings. The van der Waals surface area contributed by atoms with Crippen LogP contribution < -0.4 is 10.7 Å². The number of phenols is 1. The predicted octanol–water partition coefficient (Wildman–Crippen LogP) is 5.32. The molecule has 2 amide bonds. The molecule has 0 saturated heterocycles. The van der Waals surface area contributed by atoms with E-state index in [1.165, 1.54) is 24.3 Å². The number of carbonyl (C=O) groups excluding carboxylic acids is 2. The molecular formula is C23H19Cl2N3O4. The van der Waals surface area contributed by atoms with E-state index in [0.29, 0.717) is 51.2 Å². The molecular weight excluding hydrogens is 453 g/mol. The average molecular weight is 472 g/mol. The number of fused-ring (bicyclic) bond motifs is 1. The zero-order valence-corrected chi connectivity index (χ0v) is 18.5. The highest BCUT2D eigenvalue weighted by Crippen LogP contribution is 2.31. The van der Waals surface area contributed by atoms with E-state index in [-0.39, 0.29) is 11.5 Å². The second kappa shape index (κ2) is 9.06. The van der Waals surface area contributed by atoms with Crippen molar-refractivity contribution < 1.29 is 19.1 Å². The average Bonchev–Trinajstić information content (AvgIpc) is 3.12. The van der Waals surface area contributed by atoms with Crippen LogP contribution in [0.1, 0.15) is 50.6 Å². The molecule has 2 aromatic carbocycles. The number of aromatic hydroxyl groups is 1. The number of nitrogens with zero attached hydrogens (tertiary/aromatic N) is 1. The molecule has 1 heterocycles. The summed E-state index contributed by atoms with van der Waals surface area (Å²) < 4.78 is 5.87. The van der Waals surface area contributed by atoms with Gasteiger partial charge in [0.1, 0.15) is 11.5 Å². The van der Waals surface area contributed by atoms with Gasteiger partial charge in [-0.1, -0.05) is 23.2 Å². The van der Waals surface area contributed by atoms with Crippen molar-refractivity contribution in [3.05, 3.63) is 80.7 Å². The summed E-state index contributed by atoms with van der Waals surface area (Å²) >= 11 is 12.1. The van der Waals surface area contributed by atoms with Crippen molar-refractivity contribution in [1.29, 1.82) is 0 Å². The Labute approximate surface area is 194 Å². The third-order valence-corrected chi connectivity index (χ3v) is 5.68. The molecule has 0 saturated carbocycles. The zero-order chi connectivity index (χ0) is 22.8. The Kier molecular flexibility index (Phi) is 6.21. The number of hydrogen-bond acceptors (Lipinski definition) is 5. The van der Waals surface area contributed by atoms with Crippen molar-refractivity contribution in [3.63, 3.8) is 0 Å². The molecule has 0 aliphatic heterocycles. The Morgan fingerprint density at radius 2 is 1.81 bits per heavy atom. The van der Waals surface area contributed by atoms with Gasteiger partial charge in [0.05, 0.1) is 16.4 Å². The van der Waals surface area contributed by atoms with Crippen LogP contribution in [0.15, 0.2) is 52.0 Å². The SMILES string of the molecule is Cc1c(C(=O)Nc2ccc(Cl)cc2Cl)oc2c1/C(=N/NC(=O)c1ccc(O)cc1)CCC2. The molecule has 0 bridgehead atoms. The Bertz CT molecular complexity index is 1230. The topological polar surface area (TPSA) is 104 Å². The van der Waals surface area contributed by atoms with Crippen LogP contribution in [0.4, 0.5) is 5.69 Å². The predicted molar refractivity (Wildman–Crippen MR) is 123 cm³/mol. The van der Waals surface area contributed by atoms with E-state index >= 15 is 0 Å². The Balaban J connectivity index is 1.57. The lowest BCUT2D eigenvalue weighted by Crippen LogP contribution is -2.22. The van der Waals surface area contributed by atoms with Crippen LogP contribution in [-0.2, 0) is 6.42 Å². The van der Waals surface area contributed by atoms with Gasteiger partial charge in [0, 0.05) is 28.1 Å². The minimum absolute atomic E-state index is 0.0736. The number of benzene rings is 2. The minimum Gasteiger partial charge on any atom is -0.508 e. The molecule has 1 aromatic heterocycles. The Hall–Kier alpha value is -3.29. The van der Waals surface area contributed by atoms with Crippen molar-refractivity contribution in [2.24, 2.45) is 5.10 Å². The van der Waals surface area contributed by atoms with E-state index in [0.717, 1.165) is 12.0 Å². The van der Waals surface area contributed by atoms with Crippen LogP contribution in [0, 0.1) is 6.92 Å². The minimum atomic E-state index is -0.436. The van der Waals surface area contributed by atoms with Crippen LogP contribution in [0.25, 0.3) is 0 Å². The van der Waals surface area contributed by atoms with E-state index < -0.39 is 11.8 Å². The molecule has 32 heavy (non-hydrogen) atoms. The number of phenolic OH excluding ortho intramolecular Hbond substituents is 1. The molecule has 9 heteroatoms. The normalized spacial score (nSPS) is 14.2. The van der Waals surface area contributed by atoms with Gasteiger partial charge >= 0.3 is 0 Å². The van der Waals surface area contributed by atoms with E-state index in [2.05, 4.69) is 15.8 Å². The van der Waals surface area contributed by atoms with Gasteiger partial charge in [-0.05, 0) is 62.2 Å². The summed E-state index contributed by atoms with van der Waals surface area (Å²) in [4.78, 5) is 25.2. The number of rotatable bonds is 4. The highest BCUT2D eigenvalue weighted by molar-refractivity contribution is 6.36. The van der Waals surface area contributed by atoms with Gasteiger partial charge in [-0.2, -0.15) is 5.10 Å². The fourth-order valence-electron chi connectivity index (χ4n) is 3.56. The van der Waals surface area contributed by atoms with Crippen molar-refractivity contribution in [2.45, 2.75) is 26.2 Å². The number of carbonyl (C=O) groups is 2. The van der Waals surface area contributed by atoms with Crippen molar-refractivity contribution in [3.8, 4) is 5.75 Å². The highest BCUT2D eigenvalue weighted by atomic mass is 35.5. The van der Waals surface area contributed by atoms with Gasteiger partial charge in [-0.25, -0.2) is 5.43 Å². The highest BCUT2D eigenvalue weighted by Gasteiger charge is 2.28.